The van der Waals surface area contributed by atoms with E-state index in [0.29, 0.717) is 43.9 Å². The summed E-state index contributed by atoms with van der Waals surface area (Å²) in [5.74, 6) is 0.0859. The molecule has 2 heterocycles. The van der Waals surface area contributed by atoms with E-state index in [9.17, 15) is 19.5 Å². The van der Waals surface area contributed by atoms with E-state index in [1.165, 1.54) is 12.1 Å². The van der Waals surface area contributed by atoms with Gasteiger partial charge in [-0.1, -0.05) is 0 Å². The van der Waals surface area contributed by atoms with E-state index >= 15 is 0 Å². The van der Waals surface area contributed by atoms with Crippen LogP contribution in [0.25, 0.3) is 11.0 Å². The predicted molar refractivity (Wildman–Crippen MR) is 90.0 cm³/mol. The maximum absolute atomic E-state index is 12.7. The standard InChI is InChI=1S/C18H19NO6/c1-11-12(3-5-16(22)19-6-8-24-9-7-19)17(23)13-2-4-15(21)14(10-20)18(13)25-11/h2,4,10,21H,3,5-9H2,1H3. The van der Waals surface area contributed by atoms with Crippen LogP contribution in [0.15, 0.2) is 21.3 Å². The van der Waals surface area contributed by atoms with E-state index in [1.54, 1.807) is 11.8 Å². The molecule has 1 N–H and O–H groups in total. The molecule has 7 heteroatoms. The molecule has 0 atom stereocenters. The minimum atomic E-state index is -0.281. The highest BCUT2D eigenvalue weighted by atomic mass is 16.5. The topological polar surface area (TPSA) is 97.0 Å². The number of nitrogens with zero attached hydrogens (tertiary/aromatic N) is 1. The first-order valence-electron chi connectivity index (χ1n) is 8.12. The van der Waals surface area contributed by atoms with Crippen molar-refractivity contribution in [2.24, 2.45) is 0 Å². The molecule has 0 bridgehead atoms. The third-order valence-electron chi connectivity index (χ3n) is 4.44. The average molecular weight is 345 g/mol. The van der Waals surface area contributed by atoms with Gasteiger partial charge in [-0.15, -0.1) is 0 Å². The molecule has 1 amide bonds. The van der Waals surface area contributed by atoms with Gasteiger partial charge in [0.05, 0.1) is 24.2 Å². The van der Waals surface area contributed by atoms with Gasteiger partial charge in [-0.05, 0) is 25.5 Å². The van der Waals surface area contributed by atoms with Gasteiger partial charge in [0, 0.05) is 25.1 Å². The Bertz CT molecular complexity index is 879. The first-order chi connectivity index (χ1) is 12.0. The quantitative estimate of drug-likeness (QED) is 0.842. The van der Waals surface area contributed by atoms with E-state index in [4.69, 9.17) is 9.15 Å². The number of carbonyl (C=O) groups excluding carboxylic acids is 2. The van der Waals surface area contributed by atoms with Crippen LogP contribution in [0, 0.1) is 6.92 Å². The first kappa shape index (κ1) is 17.2. The number of phenols is 1. The summed E-state index contributed by atoms with van der Waals surface area (Å²) < 4.78 is 10.8. The third-order valence-corrected chi connectivity index (χ3v) is 4.44. The molecular weight excluding hydrogens is 326 g/mol. The van der Waals surface area contributed by atoms with Gasteiger partial charge >= 0.3 is 0 Å². The van der Waals surface area contributed by atoms with E-state index < -0.39 is 0 Å². The van der Waals surface area contributed by atoms with Crippen LogP contribution in [0.5, 0.6) is 5.75 Å². The number of carbonyl (C=O) groups is 2. The molecule has 1 saturated heterocycles. The van der Waals surface area contributed by atoms with Crippen molar-refractivity contribution in [3.05, 3.63) is 39.2 Å². The molecule has 0 unspecified atom stereocenters. The van der Waals surface area contributed by atoms with Crippen molar-refractivity contribution in [1.82, 2.24) is 4.90 Å². The number of hydrogen-bond donors (Lipinski definition) is 1. The Balaban J connectivity index is 1.89. The second-order valence-electron chi connectivity index (χ2n) is 5.95. The van der Waals surface area contributed by atoms with Crippen molar-refractivity contribution < 1.29 is 23.8 Å². The lowest BCUT2D eigenvalue weighted by molar-refractivity contribution is -0.135. The summed E-state index contributed by atoms with van der Waals surface area (Å²) >= 11 is 0. The largest absolute Gasteiger partial charge is 0.507 e. The van der Waals surface area contributed by atoms with Gasteiger partial charge in [0.2, 0.25) is 5.91 Å². The molecular formula is C18H19NO6. The van der Waals surface area contributed by atoms with Crippen LogP contribution in [-0.4, -0.2) is 48.5 Å². The fourth-order valence-electron chi connectivity index (χ4n) is 3.02. The summed E-state index contributed by atoms with van der Waals surface area (Å²) in [6.45, 7) is 3.80. The molecule has 132 valence electrons. The lowest BCUT2D eigenvalue weighted by Crippen LogP contribution is -2.40. The number of hydrogen-bond acceptors (Lipinski definition) is 6. The number of aryl methyl sites for hydroxylation is 1. The number of phenolic OH excluding ortho intramolecular Hbond substituents is 1. The van der Waals surface area contributed by atoms with Crippen LogP contribution in [0.3, 0.4) is 0 Å². The molecule has 2 aromatic rings. The minimum absolute atomic E-state index is 0.0264. The van der Waals surface area contributed by atoms with Crippen molar-refractivity contribution in [3.63, 3.8) is 0 Å². The number of rotatable bonds is 4. The highest BCUT2D eigenvalue weighted by Crippen LogP contribution is 2.26. The molecule has 0 aliphatic carbocycles. The van der Waals surface area contributed by atoms with Gasteiger partial charge in [0.15, 0.2) is 17.3 Å². The van der Waals surface area contributed by atoms with Gasteiger partial charge in [0.1, 0.15) is 11.5 Å². The minimum Gasteiger partial charge on any atom is -0.507 e. The van der Waals surface area contributed by atoms with E-state index in [0.717, 1.165) is 0 Å². The Morgan fingerprint density at radius 1 is 1.32 bits per heavy atom. The lowest BCUT2D eigenvalue weighted by Gasteiger charge is -2.26. The predicted octanol–water partition coefficient (Wildman–Crippen LogP) is 1.41. The zero-order chi connectivity index (χ0) is 18.0. The molecule has 0 spiro atoms. The number of aldehydes is 1. The fraction of sp³-hybridized carbons (Fsp3) is 0.389. The Hall–Kier alpha value is -2.67. The molecule has 0 saturated carbocycles. The van der Waals surface area contributed by atoms with Crippen LogP contribution in [-0.2, 0) is 16.0 Å². The van der Waals surface area contributed by atoms with Crippen molar-refractivity contribution in [2.75, 3.05) is 26.3 Å². The maximum atomic E-state index is 12.7. The molecule has 1 aromatic carbocycles. The summed E-state index contributed by atoms with van der Waals surface area (Å²) in [6, 6.07) is 2.72. The van der Waals surface area contributed by atoms with Gasteiger partial charge in [-0.3, -0.25) is 14.4 Å². The number of amides is 1. The molecule has 7 nitrogen and oxygen atoms in total. The number of ether oxygens (including phenoxy) is 1. The molecule has 1 aromatic heterocycles. The van der Waals surface area contributed by atoms with Gasteiger partial charge in [-0.2, -0.15) is 0 Å². The second kappa shape index (κ2) is 7.06. The van der Waals surface area contributed by atoms with Gasteiger partial charge < -0.3 is 19.2 Å². The Morgan fingerprint density at radius 3 is 2.72 bits per heavy atom. The first-order valence-corrected chi connectivity index (χ1v) is 8.12. The zero-order valence-electron chi connectivity index (χ0n) is 13.9. The summed E-state index contributed by atoms with van der Waals surface area (Å²) in [6.07, 6.45) is 0.926. The molecule has 1 aliphatic heterocycles. The van der Waals surface area contributed by atoms with Crippen LogP contribution < -0.4 is 5.43 Å². The zero-order valence-corrected chi connectivity index (χ0v) is 13.9. The fourth-order valence-corrected chi connectivity index (χ4v) is 3.02. The summed E-state index contributed by atoms with van der Waals surface area (Å²) in [7, 11) is 0. The lowest BCUT2D eigenvalue weighted by atomic mass is 10.0. The highest BCUT2D eigenvalue weighted by Gasteiger charge is 2.20. The number of aromatic hydroxyl groups is 1. The summed E-state index contributed by atoms with van der Waals surface area (Å²) in [4.78, 5) is 37.9. The summed E-state index contributed by atoms with van der Waals surface area (Å²) in [5.41, 5.74) is 0.155. The monoisotopic (exact) mass is 345 g/mol. The van der Waals surface area contributed by atoms with E-state index in [-0.39, 0.29) is 46.5 Å². The van der Waals surface area contributed by atoms with Crippen molar-refractivity contribution >= 4 is 23.2 Å². The Morgan fingerprint density at radius 2 is 2.04 bits per heavy atom. The molecule has 0 radical (unpaired) electrons. The smallest absolute Gasteiger partial charge is 0.223 e. The maximum Gasteiger partial charge on any atom is 0.223 e. The second-order valence-corrected chi connectivity index (χ2v) is 5.95. The highest BCUT2D eigenvalue weighted by molar-refractivity contribution is 5.97. The molecule has 1 fully saturated rings. The van der Waals surface area contributed by atoms with Crippen LogP contribution in [0.1, 0.15) is 28.1 Å². The third kappa shape index (κ3) is 3.28. The number of morpholine rings is 1. The van der Waals surface area contributed by atoms with Crippen molar-refractivity contribution in [1.29, 1.82) is 0 Å². The summed E-state index contributed by atoms with van der Waals surface area (Å²) in [5, 5.41) is 9.95. The SMILES string of the molecule is Cc1oc2c(C=O)c(O)ccc2c(=O)c1CCC(=O)N1CCOCC1. The Labute approximate surface area is 143 Å². The number of fused-ring (bicyclic) bond motifs is 1. The molecule has 3 rings (SSSR count). The molecule has 25 heavy (non-hydrogen) atoms. The average Bonchev–Trinajstić information content (AvgIpc) is 2.62. The van der Waals surface area contributed by atoms with E-state index in [1.807, 2.05) is 0 Å². The van der Waals surface area contributed by atoms with Crippen LogP contribution in [0.2, 0.25) is 0 Å². The van der Waals surface area contributed by atoms with Crippen LogP contribution in [0.4, 0.5) is 0 Å². The van der Waals surface area contributed by atoms with Gasteiger partial charge in [0.25, 0.3) is 0 Å². The van der Waals surface area contributed by atoms with Crippen molar-refractivity contribution in [2.45, 2.75) is 19.8 Å². The van der Waals surface area contributed by atoms with Crippen molar-refractivity contribution in [3.8, 4) is 5.75 Å². The number of benzene rings is 1. The Kier molecular flexibility index (Phi) is 4.85. The van der Waals surface area contributed by atoms with Crippen LogP contribution >= 0.6 is 0 Å². The van der Waals surface area contributed by atoms with Gasteiger partial charge in [-0.25, -0.2) is 0 Å². The van der Waals surface area contributed by atoms with E-state index in [2.05, 4.69) is 0 Å². The molecule has 1 aliphatic rings. The normalized spacial score (nSPS) is 14.7.